The molecular formula is C12H26N2O2. The van der Waals surface area contributed by atoms with E-state index in [0.717, 1.165) is 25.9 Å². The number of rotatable bonds is 9. The van der Waals surface area contributed by atoms with Crippen molar-refractivity contribution in [1.82, 2.24) is 10.2 Å². The van der Waals surface area contributed by atoms with Crippen molar-refractivity contribution in [2.24, 2.45) is 0 Å². The van der Waals surface area contributed by atoms with Crippen LogP contribution in [0.4, 0.5) is 4.79 Å². The molecule has 0 saturated carbocycles. The van der Waals surface area contributed by atoms with Gasteiger partial charge in [-0.25, -0.2) is 4.79 Å². The van der Waals surface area contributed by atoms with Gasteiger partial charge in [0, 0.05) is 26.7 Å². The van der Waals surface area contributed by atoms with Crippen molar-refractivity contribution >= 4 is 6.03 Å². The summed E-state index contributed by atoms with van der Waals surface area (Å²) in [6.45, 7) is 7.07. The molecule has 0 aliphatic carbocycles. The standard InChI is InChI=1S/C12H26N2O2/c1-4-6-7-8-13-12(15)14(9-5-2)10-11-16-3/h4-11H2,1-3H3,(H,13,15). The van der Waals surface area contributed by atoms with Crippen LogP contribution in [-0.4, -0.2) is 44.3 Å². The van der Waals surface area contributed by atoms with Gasteiger partial charge in [0.05, 0.1) is 6.61 Å². The van der Waals surface area contributed by atoms with Gasteiger partial charge in [0.1, 0.15) is 0 Å². The summed E-state index contributed by atoms with van der Waals surface area (Å²) in [6, 6.07) is 0.0370. The van der Waals surface area contributed by atoms with E-state index in [2.05, 4.69) is 19.2 Å². The fourth-order valence-electron chi connectivity index (χ4n) is 1.47. The summed E-state index contributed by atoms with van der Waals surface area (Å²) >= 11 is 0. The molecule has 4 nitrogen and oxygen atoms in total. The van der Waals surface area contributed by atoms with E-state index in [4.69, 9.17) is 4.74 Å². The number of ether oxygens (including phenoxy) is 1. The third kappa shape index (κ3) is 7.51. The maximum absolute atomic E-state index is 11.8. The first-order valence-corrected chi connectivity index (χ1v) is 6.27. The number of unbranched alkanes of at least 4 members (excludes halogenated alkanes) is 2. The second kappa shape index (κ2) is 10.7. The SMILES string of the molecule is CCCCCNC(=O)N(CCC)CCOC. The van der Waals surface area contributed by atoms with Crippen molar-refractivity contribution in [3.8, 4) is 0 Å². The predicted molar refractivity (Wildman–Crippen MR) is 66.7 cm³/mol. The quantitative estimate of drug-likeness (QED) is 0.617. The van der Waals surface area contributed by atoms with Gasteiger partial charge in [0.15, 0.2) is 0 Å². The Balaban J connectivity index is 3.77. The van der Waals surface area contributed by atoms with E-state index in [1.54, 1.807) is 7.11 Å². The molecule has 4 heteroatoms. The van der Waals surface area contributed by atoms with Crippen molar-refractivity contribution in [3.63, 3.8) is 0 Å². The van der Waals surface area contributed by atoms with Gasteiger partial charge < -0.3 is 15.0 Å². The highest BCUT2D eigenvalue weighted by Gasteiger charge is 2.10. The average Bonchev–Trinajstić information content (AvgIpc) is 2.29. The monoisotopic (exact) mass is 230 g/mol. The van der Waals surface area contributed by atoms with Crippen LogP contribution in [0.2, 0.25) is 0 Å². The highest BCUT2D eigenvalue weighted by molar-refractivity contribution is 5.74. The molecule has 0 aliphatic heterocycles. The second-order valence-electron chi connectivity index (χ2n) is 3.92. The number of hydrogen-bond donors (Lipinski definition) is 1. The Morgan fingerprint density at radius 1 is 1.19 bits per heavy atom. The number of carbonyl (C=O) groups is 1. The van der Waals surface area contributed by atoms with Gasteiger partial charge in [-0.3, -0.25) is 0 Å². The molecule has 0 aliphatic rings. The van der Waals surface area contributed by atoms with Crippen LogP contribution in [0.15, 0.2) is 0 Å². The van der Waals surface area contributed by atoms with Crippen LogP contribution >= 0.6 is 0 Å². The lowest BCUT2D eigenvalue weighted by Gasteiger charge is -2.22. The molecule has 0 fully saturated rings. The van der Waals surface area contributed by atoms with Crippen molar-refractivity contribution < 1.29 is 9.53 Å². The number of carbonyl (C=O) groups excluding carboxylic acids is 1. The lowest BCUT2D eigenvalue weighted by atomic mass is 10.2. The van der Waals surface area contributed by atoms with Crippen LogP contribution in [0.5, 0.6) is 0 Å². The molecule has 1 N–H and O–H groups in total. The van der Waals surface area contributed by atoms with Crippen LogP contribution in [0, 0.1) is 0 Å². The Bertz CT molecular complexity index is 174. The number of nitrogens with zero attached hydrogens (tertiary/aromatic N) is 1. The molecule has 0 saturated heterocycles. The van der Waals surface area contributed by atoms with E-state index in [1.807, 2.05) is 4.90 Å². The molecule has 0 radical (unpaired) electrons. The molecular weight excluding hydrogens is 204 g/mol. The lowest BCUT2D eigenvalue weighted by molar-refractivity contribution is 0.149. The van der Waals surface area contributed by atoms with Gasteiger partial charge in [-0.15, -0.1) is 0 Å². The lowest BCUT2D eigenvalue weighted by Crippen LogP contribution is -2.42. The van der Waals surface area contributed by atoms with Gasteiger partial charge in [-0.1, -0.05) is 26.7 Å². The van der Waals surface area contributed by atoms with Crippen LogP contribution in [0.25, 0.3) is 0 Å². The molecule has 0 bridgehead atoms. The zero-order valence-electron chi connectivity index (χ0n) is 10.9. The molecule has 0 atom stereocenters. The van der Waals surface area contributed by atoms with Crippen LogP contribution in [-0.2, 0) is 4.74 Å². The first kappa shape index (κ1) is 15.2. The van der Waals surface area contributed by atoms with E-state index in [0.29, 0.717) is 13.2 Å². The van der Waals surface area contributed by atoms with E-state index in [1.165, 1.54) is 12.8 Å². The van der Waals surface area contributed by atoms with Crippen molar-refractivity contribution in [3.05, 3.63) is 0 Å². The van der Waals surface area contributed by atoms with E-state index in [-0.39, 0.29) is 6.03 Å². The highest BCUT2D eigenvalue weighted by Crippen LogP contribution is 1.95. The minimum absolute atomic E-state index is 0.0370. The average molecular weight is 230 g/mol. The molecule has 0 rings (SSSR count). The zero-order valence-corrected chi connectivity index (χ0v) is 10.9. The van der Waals surface area contributed by atoms with Gasteiger partial charge in [0.2, 0.25) is 0 Å². The summed E-state index contributed by atoms with van der Waals surface area (Å²) in [5.74, 6) is 0. The third-order valence-electron chi connectivity index (χ3n) is 2.40. The maximum atomic E-state index is 11.8. The van der Waals surface area contributed by atoms with Gasteiger partial charge in [0.25, 0.3) is 0 Å². The van der Waals surface area contributed by atoms with Crippen LogP contribution in [0.1, 0.15) is 39.5 Å². The van der Waals surface area contributed by atoms with E-state index in [9.17, 15) is 4.79 Å². The van der Waals surface area contributed by atoms with Crippen molar-refractivity contribution in [2.45, 2.75) is 39.5 Å². The summed E-state index contributed by atoms with van der Waals surface area (Å²) in [6.07, 6.45) is 4.39. The molecule has 0 aromatic heterocycles. The van der Waals surface area contributed by atoms with Crippen LogP contribution in [0.3, 0.4) is 0 Å². The topological polar surface area (TPSA) is 41.6 Å². The first-order valence-electron chi connectivity index (χ1n) is 6.27. The number of methoxy groups -OCH3 is 1. The first-order chi connectivity index (χ1) is 7.76. The molecule has 96 valence electrons. The molecule has 16 heavy (non-hydrogen) atoms. The van der Waals surface area contributed by atoms with Gasteiger partial charge >= 0.3 is 6.03 Å². The Morgan fingerprint density at radius 3 is 2.50 bits per heavy atom. The molecule has 0 spiro atoms. The van der Waals surface area contributed by atoms with Gasteiger partial charge in [-0.05, 0) is 12.8 Å². The minimum atomic E-state index is 0.0370. The molecule has 0 aromatic carbocycles. The summed E-state index contributed by atoms with van der Waals surface area (Å²) < 4.78 is 4.99. The van der Waals surface area contributed by atoms with E-state index >= 15 is 0 Å². The van der Waals surface area contributed by atoms with Gasteiger partial charge in [-0.2, -0.15) is 0 Å². The Hall–Kier alpha value is -0.770. The summed E-state index contributed by atoms with van der Waals surface area (Å²) in [5.41, 5.74) is 0. The Morgan fingerprint density at radius 2 is 1.94 bits per heavy atom. The molecule has 0 heterocycles. The summed E-state index contributed by atoms with van der Waals surface area (Å²) in [4.78, 5) is 13.6. The minimum Gasteiger partial charge on any atom is -0.383 e. The molecule has 0 unspecified atom stereocenters. The number of amides is 2. The zero-order chi connectivity index (χ0) is 12.2. The Labute approximate surface area is 99.3 Å². The fourth-order valence-corrected chi connectivity index (χ4v) is 1.47. The van der Waals surface area contributed by atoms with Crippen LogP contribution < -0.4 is 5.32 Å². The number of urea groups is 1. The smallest absolute Gasteiger partial charge is 0.317 e. The summed E-state index contributed by atoms with van der Waals surface area (Å²) in [7, 11) is 1.66. The molecule has 2 amide bonds. The number of hydrogen-bond acceptors (Lipinski definition) is 2. The number of nitrogens with one attached hydrogen (secondary N) is 1. The van der Waals surface area contributed by atoms with Crippen molar-refractivity contribution in [1.29, 1.82) is 0 Å². The normalized spacial score (nSPS) is 10.2. The maximum Gasteiger partial charge on any atom is 0.317 e. The molecule has 0 aromatic rings. The van der Waals surface area contributed by atoms with E-state index < -0.39 is 0 Å². The third-order valence-corrected chi connectivity index (χ3v) is 2.40. The Kier molecular flexibility index (Phi) is 10.2. The van der Waals surface area contributed by atoms with Crippen molar-refractivity contribution in [2.75, 3.05) is 33.4 Å². The highest BCUT2D eigenvalue weighted by atomic mass is 16.5. The fraction of sp³-hybridized carbons (Fsp3) is 0.917. The second-order valence-corrected chi connectivity index (χ2v) is 3.92. The predicted octanol–water partition coefficient (Wildman–Crippen LogP) is 2.24. The summed E-state index contributed by atoms with van der Waals surface area (Å²) in [5, 5.41) is 2.94. The largest absolute Gasteiger partial charge is 0.383 e.